The van der Waals surface area contributed by atoms with E-state index in [1.54, 1.807) is 0 Å². The Morgan fingerprint density at radius 2 is 2.45 bits per heavy atom. The molecule has 2 nitrogen and oxygen atoms in total. The molecule has 0 radical (unpaired) electrons. The van der Waals surface area contributed by atoms with Gasteiger partial charge in [0.05, 0.1) is 13.3 Å². The summed E-state index contributed by atoms with van der Waals surface area (Å²) in [6, 6.07) is 0.591. The molecule has 0 bridgehead atoms. The fraction of sp³-hybridized carbons (Fsp3) is 0.778. The molecule has 1 fully saturated rings. The zero-order valence-corrected chi connectivity index (χ0v) is 7.42. The van der Waals surface area contributed by atoms with Crippen LogP contribution >= 0.6 is 0 Å². The summed E-state index contributed by atoms with van der Waals surface area (Å²) in [4.78, 5) is 2.32. The lowest BCUT2D eigenvalue weighted by atomic mass is 10.1. The van der Waals surface area contributed by atoms with E-state index < -0.39 is 0 Å². The maximum Gasteiger partial charge on any atom is 0.0996 e. The Balaban J connectivity index is 2.43. The summed E-state index contributed by atoms with van der Waals surface area (Å²) in [5, 5.41) is 0. The van der Waals surface area contributed by atoms with Crippen molar-refractivity contribution in [2.75, 3.05) is 19.9 Å². The quantitative estimate of drug-likeness (QED) is 0.572. The normalized spacial score (nSPS) is 26.3. The fourth-order valence-corrected chi connectivity index (χ4v) is 1.46. The molecule has 2 heteroatoms. The second-order valence-electron chi connectivity index (χ2n) is 3.37. The first kappa shape index (κ1) is 8.75. The van der Waals surface area contributed by atoms with Crippen molar-refractivity contribution in [3.8, 4) is 0 Å². The van der Waals surface area contributed by atoms with Gasteiger partial charge in [-0.1, -0.05) is 19.9 Å². The topological polar surface area (TPSA) is 12.5 Å². The average molecular weight is 155 g/mol. The molecular weight excluding hydrogens is 138 g/mol. The number of rotatable bonds is 3. The Labute approximate surface area is 68.8 Å². The van der Waals surface area contributed by atoms with Crippen LogP contribution in [0.1, 0.15) is 13.8 Å². The van der Waals surface area contributed by atoms with Crippen LogP contribution in [-0.2, 0) is 4.74 Å². The van der Waals surface area contributed by atoms with Gasteiger partial charge in [-0.05, 0) is 5.92 Å². The number of ether oxygens (including phenoxy) is 1. The molecule has 1 rings (SSSR count). The Kier molecular flexibility index (Phi) is 3.09. The molecule has 0 N–H and O–H groups in total. The van der Waals surface area contributed by atoms with Crippen LogP contribution < -0.4 is 0 Å². The maximum absolute atomic E-state index is 5.36. The molecule has 0 spiro atoms. The molecule has 0 amide bonds. The Bertz CT molecular complexity index is 134. The second kappa shape index (κ2) is 3.88. The smallest absolute Gasteiger partial charge is 0.0996 e. The minimum absolute atomic E-state index is 0.591. The Morgan fingerprint density at radius 1 is 1.73 bits per heavy atom. The van der Waals surface area contributed by atoms with Crippen molar-refractivity contribution in [1.29, 1.82) is 0 Å². The zero-order valence-electron chi connectivity index (χ0n) is 7.42. The molecule has 0 saturated carbocycles. The summed E-state index contributed by atoms with van der Waals surface area (Å²) in [6.45, 7) is 10.8. The van der Waals surface area contributed by atoms with Crippen molar-refractivity contribution in [2.45, 2.75) is 19.9 Å². The molecule has 64 valence electrons. The van der Waals surface area contributed by atoms with E-state index in [4.69, 9.17) is 4.74 Å². The van der Waals surface area contributed by atoms with Crippen molar-refractivity contribution < 1.29 is 4.74 Å². The predicted octanol–water partition coefficient (Wildman–Crippen LogP) is 1.49. The molecule has 0 aromatic carbocycles. The van der Waals surface area contributed by atoms with E-state index in [9.17, 15) is 0 Å². The average Bonchev–Trinajstić information content (AvgIpc) is 2.36. The summed E-state index contributed by atoms with van der Waals surface area (Å²) in [5.74, 6) is 0.678. The summed E-state index contributed by atoms with van der Waals surface area (Å²) < 4.78 is 5.36. The highest BCUT2D eigenvalue weighted by atomic mass is 16.5. The van der Waals surface area contributed by atoms with Crippen molar-refractivity contribution in [3.63, 3.8) is 0 Å². The van der Waals surface area contributed by atoms with Gasteiger partial charge in [0.15, 0.2) is 0 Å². The van der Waals surface area contributed by atoms with E-state index in [-0.39, 0.29) is 0 Å². The summed E-state index contributed by atoms with van der Waals surface area (Å²) in [6.07, 6.45) is 1.93. The van der Waals surface area contributed by atoms with Crippen molar-refractivity contribution in [1.82, 2.24) is 4.90 Å². The van der Waals surface area contributed by atoms with Crippen LogP contribution in [0.25, 0.3) is 0 Å². The van der Waals surface area contributed by atoms with Gasteiger partial charge in [0.25, 0.3) is 0 Å². The monoisotopic (exact) mass is 155 g/mol. The first-order chi connectivity index (χ1) is 5.25. The largest absolute Gasteiger partial charge is 0.364 e. The molecule has 11 heavy (non-hydrogen) atoms. The van der Waals surface area contributed by atoms with E-state index in [0.717, 1.165) is 19.9 Å². The van der Waals surface area contributed by atoms with Crippen molar-refractivity contribution in [2.24, 2.45) is 5.92 Å². The van der Waals surface area contributed by atoms with Gasteiger partial charge in [-0.25, -0.2) is 0 Å². The van der Waals surface area contributed by atoms with Crippen LogP contribution in [0.2, 0.25) is 0 Å². The molecule has 0 aromatic heterocycles. The lowest BCUT2D eigenvalue weighted by Gasteiger charge is -2.23. The second-order valence-corrected chi connectivity index (χ2v) is 3.37. The predicted molar refractivity (Wildman–Crippen MR) is 46.3 cm³/mol. The van der Waals surface area contributed by atoms with E-state index >= 15 is 0 Å². The zero-order chi connectivity index (χ0) is 8.27. The molecule has 0 aliphatic carbocycles. The molecule has 1 heterocycles. The Morgan fingerprint density at radius 3 is 3.00 bits per heavy atom. The third-order valence-corrected chi connectivity index (χ3v) is 2.15. The van der Waals surface area contributed by atoms with E-state index in [0.29, 0.717) is 12.0 Å². The first-order valence-electron chi connectivity index (χ1n) is 4.18. The summed E-state index contributed by atoms with van der Waals surface area (Å²) >= 11 is 0. The number of hydrogen-bond donors (Lipinski definition) is 0. The third kappa shape index (κ3) is 2.04. The van der Waals surface area contributed by atoms with Gasteiger partial charge in [-0.2, -0.15) is 0 Å². The highest BCUT2D eigenvalue weighted by molar-refractivity contribution is 4.82. The van der Waals surface area contributed by atoms with Gasteiger partial charge in [-0.15, -0.1) is 6.58 Å². The van der Waals surface area contributed by atoms with Gasteiger partial charge in [0.2, 0.25) is 0 Å². The van der Waals surface area contributed by atoms with Gasteiger partial charge in [0, 0.05) is 12.6 Å². The number of hydrogen-bond acceptors (Lipinski definition) is 2. The van der Waals surface area contributed by atoms with Crippen molar-refractivity contribution in [3.05, 3.63) is 12.7 Å². The SMILES string of the molecule is C=CCN1COC[C@H]1C(C)C. The molecule has 0 aromatic rings. The summed E-state index contributed by atoms with van der Waals surface area (Å²) in [7, 11) is 0. The molecule has 0 unspecified atom stereocenters. The minimum Gasteiger partial charge on any atom is -0.364 e. The Hall–Kier alpha value is -0.340. The van der Waals surface area contributed by atoms with Crippen LogP contribution in [0, 0.1) is 5.92 Å². The number of nitrogens with zero attached hydrogens (tertiary/aromatic N) is 1. The first-order valence-corrected chi connectivity index (χ1v) is 4.18. The summed E-state index contributed by atoms with van der Waals surface area (Å²) in [5.41, 5.74) is 0. The van der Waals surface area contributed by atoms with E-state index in [2.05, 4.69) is 25.3 Å². The third-order valence-electron chi connectivity index (χ3n) is 2.15. The van der Waals surface area contributed by atoms with Crippen LogP contribution in [0.3, 0.4) is 0 Å². The molecule has 1 atom stereocenters. The molecule has 1 aliphatic heterocycles. The molecule has 1 saturated heterocycles. The van der Waals surface area contributed by atoms with E-state index in [1.807, 2.05) is 6.08 Å². The lowest BCUT2D eigenvalue weighted by molar-refractivity contribution is 0.144. The van der Waals surface area contributed by atoms with Crippen LogP contribution in [0.4, 0.5) is 0 Å². The van der Waals surface area contributed by atoms with Gasteiger partial charge in [0.1, 0.15) is 0 Å². The van der Waals surface area contributed by atoms with E-state index in [1.165, 1.54) is 0 Å². The molecule has 1 aliphatic rings. The van der Waals surface area contributed by atoms with Crippen LogP contribution in [0.5, 0.6) is 0 Å². The van der Waals surface area contributed by atoms with Gasteiger partial charge in [-0.3, -0.25) is 4.90 Å². The van der Waals surface area contributed by atoms with Gasteiger partial charge < -0.3 is 4.74 Å². The van der Waals surface area contributed by atoms with Crippen molar-refractivity contribution >= 4 is 0 Å². The van der Waals surface area contributed by atoms with Crippen LogP contribution in [-0.4, -0.2) is 30.8 Å². The highest BCUT2D eigenvalue weighted by Gasteiger charge is 2.26. The highest BCUT2D eigenvalue weighted by Crippen LogP contribution is 2.16. The maximum atomic E-state index is 5.36. The standard InChI is InChI=1S/C9H17NO/c1-4-5-10-7-11-6-9(10)8(2)3/h4,8-9H,1,5-7H2,2-3H3/t9-/m0/s1. The van der Waals surface area contributed by atoms with Gasteiger partial charge >= 0.3 is 0 Å². The fourth-order valence-electron chi connectivity index (χ4n) is 1.46. The minimum atomic E-state index is 0.591. The van der Waals surface area contributed by atoms with Crippen LogP contribution in [0.15, 0.2) is 12.7 Å². The lowest BCUT2D eigenvalue weighted by Crippen LogP contribution is -2.34. The molecular formula is C9H17NO.